The second kappa shape index (κ2) is 17.9. The topological polar surface area (TPSA) is 166 Å². The van der Waals surface area contributed by atoms with E-state index in [0.717, 1.165) is 19.3 Å². The van der Waals surface area contributed by atoms with E-state index in [1.807, 2.05) is 44.2 Å². The van der Waals surface area contributed by atoms with Crippen molar-refractivity contribution in [2.45, 2.75) is 77.7 Å². The quantitative estimate of drug-likeness (QED) is 0.0512. The number of ketones is 1. The molecule has 11 nitrogen and oxygen atoms in total. The SMILES string of the molecule is CC(C)C[CH]NC(=O)[C@H](CCCNC(=N)N[N+](=O)[O-])NC(=O)CCCCCCC(=O)c1ccccc1. The summed E-state index contributed by atoms with van der Waals surface area (Å²) in [7, 11) is 0. The van der Waals surface area contributed by atoms with Crippen LogP contribution in [-0.2, 0) is 9.59 Å². The van der Waals surface area contributed by atoms with Crippen LogP contribution in [-0.4, -0.2) is 41.2 Å². The van der Waals surface area contributed by atoms with Gasteiger partial charge in [0.2, 0.25) is 11.8 Å². The Labute approximate surface area is 212 Å². The van der Waals surface area contributed by atoms with Crippen LogP contribution in [0.5, 0.6) is 0 Å². The van der Waals surface area contributed by atoms with E-state index < -0.39 is 17.0 Å². The number of carbonyl (C=O) groups is 3. The molecule has 1 rings (SSSR count). The number of Topliss-reactive ketones (excluding diaryl/α,β-unsaturated/α-hetero) is 1. The minimum absolute atomic E-state index is 0.121. The van der Waals surface area contributed by atoms with Gasteiger partial charge in [-0.15, -0.1) is 0 Å². The minimum atomic E-state index is -0.836. The summed E-state index contributed by atoms with van der Waals surface area (Å²) >= 11 is 0. The molecule has 36 heavy (non-hydrogen) atoms. The lowest BCUT2D eigenvalue weighted by Crippen LogP contribution is -2.46. The third-order valence-corrected chi connectivity index (χ3v) is 5.31. The number of nitro groups is 1. The molecule has 1 atom stereocenters. The molecule has 2 amide bonds. The molecule has 0 saturated carbocycles. The third-order valence-electron chi connectivity index (χ3n) is 5.31. The zero-order valence-corrected chi connectivity index (χ0v) is 21.2. The number of nitrogens with one attached hydrogen (secondary N) is 5. The lowest BCUT2D eigenvalue weighted by Gasteiger charge is -2.19. The van der Waals surface area contributed by atoms with Crippen molar-refractivity contribution in [3.63, 3.8) is 0 Å². The van der Waals surface area contributed by atoms with Gasteiger partial charge in [0.15, 0.2) is 10.8 Å². The molecule has 0 fully saturated rings. The average molecular weight is 504 g/mol. The second-order valence-electron chi connectivity index (χ2n) is 8.98. The molecule has 1 radical (unpaired) electrons. The van der Waals surface area contributed by atoms with Crippen LogP contribution in [0.15, 0.2) is 30.3 Å². The van der Waals surface area contributed by atoms with Gasteiger partial charge < -0.3 is 16.0 Å². The maximum atomic E-state index is 12.6. The standard InChI is InChI=1S/C25H39N6O5/c1-19(2)16-18-27-24(34)21(13-10-17-28-25(26)30-31(35)36)29-23(33)15-9-4-3-8-14-22(32)20-11-6-5-7-12-20/h5-7,11-12,18-19,21H,3-4,8-10,13-17H2,1-2H3,(H,27,34)(H,29,33)(H3,26,28,30)/t21-/m0/s1. The number of unbranched alkanes of at least 4 members (excludes halogenated alkanes) is 3. The smallest absolute Gasteiger partial charge is 0.251 e. The van der Waals surface area contributed by atoms with Crippen LogP contribution in [0.25, 0.3) is 0 Å². The Kier molecular flexibility index (Phi) is 15.2. The number of hydrogen-bond acceptors (Lipinski definition) is 6. The lowest BCUT2D eigenvalue weighted by molar-refractivity contribution is -0.525. The average Bonchev–Trinajstić information content (AvgIpc) is 2.82. The first kappa shape index (κ1) is 30.5. The Bertz CT molecular complexity index is 847. The second-order valence-corrected chi connectivity index (χ2v) is 8.98. The predicted molar refractivity (Wildman–Crippen MR) is 137 cm³/mol. The molecule has 0 aliphatic carbocycles. The first-order chi connectivity index (χ1) is 17.2. The van der Waals surface area contributed by atoms with Crippen LogP contribution < -0.4 is 21.4 Å². The highest BCUT2D eigenvalue weighted by molar-refractivity contribution is 5.95. The fourth-order valence-electron chi connectivity index (χ4n) is 3.37. The molecule has 0 unspecified atom stereocenters. The predicted octanol–water partition coefficient (Wildman–Crippen LogP) is 3.10. The summed E-state index contributed by atoms with van der Waals surface area (Å²) in [6, 6.07) is 8.43. The molecule has 11 heteroatoms. The molecule has 199 valence electrons. The van der Waals surface area contributed by atoms with E-state index in [-0.39, 0.29) is 30.6 Å². The number of nitrogens with zero attached hydrogens (tertiary/aromatic N) is 1. The van der Waals surface area contributed by atoms with Crippen LogP contribution in [0.1, 0.15) is 82.0 Å². The Morgan fingerprint density at radius 2 is 1.69 bits per heavy atom. The molecule has 0 heterocycles. The number of rotatable bonds is 18. The van der Waals surface area contributed by atoms with Gasteiger partial charge in [-0.05, 0) is 38.0 Å². The maximum absolute atomic E-state index is 12.6. The first-order valence-electron chi connectivity index (χ1n) is 12.4. The zero-order chi connectivity index (χ0) is 26.8. The van der Waals surface area contributed by atoms with Crippen molar-refractivity contribution in [1.82, 2.24) is 21.4 Å². The molecule has 0 spiro atoms. The fourth-order valence-corrected chi connectivity index (χ4v) is 3.37. The maximum Gasteiger partial charge on any atom is 0.251 e. The summed E-state index contributed by atoms with van der Waals surface area (Å²) in [5, 5.41) is 24.9. The Hall–Kier alpha value is -3.50. The highest BCUT2D eigenvalue weighted by Gasteiger charge is 2.20. The Morgan fingerprint density at radius 3 is 2.33 bits per heavy atom. The van der Waals surface area contributed by atoms with E-state index in [1.165, 1.54) is 0 Å². The molecule has 0 bridgehead atoms. The van der Waals surface area contributed by atoms with Crippen molar-refractivity contribution in [2.24, 2.45) is 5.92 Å². The van der Waals surface area contributed by atoms with Crippen molar-refractivity contribution < 1.29 is 19.4 Å². The van der Waals surface area contributed by atoms with Crippen molar-refractivity contribution in [1.29, 1.82) is 5.41 Å². The summed E-state index contributed by atoms with van der Waals surface area (Å²) in [4.78, 5) is 47.5. The fraction of sp³-hybridized carbons (Fsp3) is 0.560. The Balaban J connectivity index is 2.37. The van der Waals surface area contributed by atoms with Gasteiger partial charge in [0, 0.05) is 31.5 Å². The van der Waals surface area contributed by atoms with Gasteiger partial charge >= 0.3 is 0 Å². The summed E-state index contributed by atoms with van der Waals surface area (Å²) in [5.41, 5.74) is 2.41. The van der Waals surface area contributed by atoms with Crippen molar-refractivity contribution >= 4 is 23.6 Å². The van der Waals surface area contributed by atoms with E-state index in [1.54, 1.807) is 12.0 Å². The third kappa shape index (κ3) is 14.7. The number of carbonyl (C=O) groups excluding carboxylic acids is 3. The minimum Gasteiger partial charge on any atom is -0.352 e. The number of amides is 2. The van der Waals surface area contributed by atoms with Gasteiger partial charge in [-0.2, -0.15) is 0 Å². The van der Waals surface area contributed by atoms with Gasteiger partial charge in [0.05, 0.1) is 0 Å². The van der Waals surface area contributed by atoms with E-state index in [0.29, 0.717) is 43.6 Å². The number of hydrogen-bond donors (Lipinski definition) is 5. The summed E-state index contributed by atoms with van der Waals surface area (Å²) in [5.74, 6) is -0.487. The van der Waals surface area contributed by atoms with Crippen LogP contribution in [0.4, 0.5) is 0 Å². The zero-order valence-electron chi connectivity index (χ0n) is 21.2. The van der Waals surface area contributed by atoms with Gasteiger partial charge in [0.25, 0.3) is 5.96 Å². The largest absolute Gasteiger partial charge is 0.352 e. The van der Waals surface area contributed by atoms with Crippen molar-refractivity contribution in [3.05, 3.63) is 52.6 Å². The lowest BCUT2D eigenvalue weighted by atomic mass is 10.0. The summed E-state index contributed by atoms with van der Waals surface area (Å²) < 4.78 is 0. The molecule has 1 aromatic rings. The van der Waals surface area contributed by atoms with E-state index in [9.17, 15) is 24.5 Å². The van der Waals surface area contributed by atoms with Crippen molar-refractivity contribution in [3.8, 4) is 0 Å². The van der Waals surface area contributed by atoms with Crippen LogP contribution in [0.3, 0.4) is 0 Å². The highest BCUT2D eigenvalue weighted by Crippen LogP contribution is 2.10. The van der Waals surface area contributed by atoms with Crippen LogP contribution in [0, 0.1) is 28.0 Å². The molecular formula is C25H39N6O5. The highest BCUT2D eigenvalue weighted by atomic mass is 16.7. The van der Waals surface area contributed by atoms with Gasteiger partial charge in [0.1, 0.15) is 6.04 Å². The van der Waals surface area contributed by atoms with Gasteiger partial charge in [-0.3, -0.25) is 19.8 Å². The number of guanidine groups is 1. The van der Waals surface area contributed by atoms with Gasteiger partial charge in [-0.1, -0.05) is 62.4 Å². The molecule has 0 aliphatic heterocycles. The van der Waals surface area contributed by atoms with E-state index in [4.69, 9.17) is 5.41 Å². The number of hydrazine groups is 1. The van der Waals surface area contributed by atoms with Crippen LogP contribution in [0.2, 0.25) is 0 Å². The van der Waals surface area contributed by atoms with Crippen LogP contribution >= 0.6 is 0 Å². The van der Waals surface area contributed by atoms with E-state index in [2.05, 4.69) is 16.0 Å². The molecular weight excluding hydrogens is 464 g/mol. The monoisotopic (exact) mass is 503 g/mol. The first-order valence-corrected chi connectivity index (χ1v) is 12.4. The van der Waals surface area contributed by atoms with Gasteiger partial charge in [-0.25, -0.2) is 10.1 Å². The molecule has 5 N–H and O–H groups in total. The molecule has 1 aromatic carbocycles. The molecule has 0 saturated heterocycles. The van der Waals surface area contributed by atoms with Crippen molar-refractivity contribution in [2.75, 3.05) is 6.54 Å². The molecule has 0 aliphatic rings. The summed E-state index contributed by atoms with van der Waals surface area (Å²) in [6.45, 7) is 5.96. The molecule has 0 aromatic heterocycles. The van der Waals surface area contributed by atoms with E-state index >= 15 is 0 Å². The summed E-state index contributed by atoms with van der Waals surface area (Å²) in [6.07, 6.45) is 5.26. The number of benzene rings is 1. The normalized spacial score (nSPS) is 11.4. The Morgan fingerprint density at radius 1 is 1.03 bits per heavy atom.